The average Bonchev–Trinajstić information content (AvgIpc) is 2.85. The number of halogens is 1. The van der Waals surface area contributed by atoms with Gasteiger partial charge in [-0.3, -0.25) is 19.2 Å². The van der Waals surface area contributed by atoms with E-state index in [4.69, 9.17) is 0 Å². The van der Waals surface area contributed by atoms with Crippen molar-refractivity contribution < 1.29 is 23.6 Å². The lowest BCUT2D eigenvalue weighted by atomic mass is 10.0. The predicted octanol–water partition coefficient (Wildman–Crippen LogP) is 5.52. The van der Waals surface area contributed by atoms with Gasteiger partial charge >= 0.3 is 0 Å². The first kappa shape index (κ1) is 23.5. The summed E-state index contributed by atoms with van der Waals surface area (Å²) in [6.45, 7) is 3.46. The summed E-state index contributed by atoms with van der Waals surface area (Å²) in [6, 6.07) is 16.3. The Labute approximate surface area is 190 Å². The second-order valence-electron chi connectivity index (χ2n) is 7.32. The molecule has 0 saturated heterocycles. The molecule has 0 spiro atoms. The summed E-state index contributed by atoms with van der Waals surface area (Å²) in [7, 11) is 0. The Kier molecular flexibility index (Phi) is 7.46. The molecule has 0 radical (unpaired) electrons. The van der Waals surface area contributed by atoms with Crippen LogP contribution < -0.4 is 10.6 Å². The molecule has 0 aliphatic carbocycles. The molecule has 0 bridgehead atoms. The maximum Gasteiger partial charge on any atom is 0.255 e. The van der Waals surface area contributed by atoms with Gasteiger partial charge in [0.15, 0.2) is 11.6 Å². The highest BCUT2D eigenvalue weighted by Gasteiger charge is 2.14. The largest absolute Gasteiger partial charge is 0.322 e. The summed E-state index contributed by atoms with van der Waals surface area (Å²) < 4.78 is 14.3. The van der Waals surface area contributed by atoms with Crippen molar-refractivity contribution in [3.05, 3.63) is 94.8 Å². The van der Waals surface area contributed by atoms with Gasteiger partial charge < -0.3 is 10.6 Å². The van der Waals surface area contributed by atoms with Crippen LogP contribution in [0.2, 0.25) is 0 Å². The Morgan fingerprint density at radius 2 is 1.15 bits per heavy atom. The van der Waals surface area contributed by atoms with Crippen molar-refractivity contribution in [3.8, 4) is 0 Å². The standard InChI is InChI=1S/C26H23FN2O4/c1-3-23(30)16-7-5-9-18(13-16)25(32)28-20-11-12-21(27)22(15-20)29-26(33)19-10-6-8-17(14-19)24(31)4-2/h5-15H,3-4H2,1-2H3,(H,28,32)(H,29,33). The average molecular weight is 446 g/mol. The zero-order valence-electron chi connectivity index (χ0n) is 18.3. The quantitative estimate of drug-likeness (QED) is 0.446. The number of nitrogens with one attached hydrogen (secondary N) is 2. The van der Waals surface area contributed by atoms with Gasteiger partial charge in [-0.15, -0.1) is 0 Å². The predicted molar refractivity (Wildman–Crippen MR) is 124 cm³/mol. The van der Waals surface area contributed by atoms with E-state index in [0.29, 0.717) is 24.0 Å². The van der Waals surface area contributed by atoms with E-state index in [1.807, 2.05) is 0 Å². The number of carbonyl (C=O) groups excluding carboxylic acids is 4. The van der Waals surface area contributed by atoms with Gasteiger partial charge in [-0.25, -0.2) is 4.39 Å². The summed E-state index contributed by atoms with van der Waals surface area (Å²) >= 11 is 0. The number of hydrogen-bond acceptors (Lipinski definition) is 4. The molecule has 0 atom stereocenters. The van der Waals surface area contributed by atoms with Crippen molar-refractivity contribution in [1.82, 2.24) is 0 Å². The van der Waals surface area contributed by atoms with Crippen LogP contribution in [-0.2, 0) is 0 Å². The molecule has 0 aliphatic rings. The van der Waals surface area contributed by atoms with Crippen LogP contribution in [0.3, 0.4) is 0 Å². The second kappa shape index (κ2) is 10.5. The molecule has 7 heteroatoms. The van der Waals surface area contributed by atoms with Crippen LogP contribution in [-0.4, -0.2) is 23.4 Å². The molecular weight excluding hydrogens is 423 g/mol. The first-order valence-electron chi connectivity index (χ1n) is 10.5. The molecule has 0 unspecified atom stereocenters. The van der Waals surface area contributed by atoms with Crippen molar-refractivity contribution in [2.45, 2.75) is 26.7 Å². The summed E-state index contributed by atoms with van der Waals surface area (Å²) in [5.74, 6) is -1.94. The minimum atomic E-state index is -0.683. The normalized spacial score (nSPS) is 10.4. The van der Waals surface area contributed by atoms with E-state index in [9.17, 15) is 23.6 Å². The summed E-state index contributed by atoms with van der Waals surface area (Å²) in [5.41, 5.74) is 1.46. The van der Waals surface area contributed by atoms with Crippen LogP contribution in [0.15, 0.2) is 66.7 Å². The molecule has 0 fully saturated rings. The fraction of sp³-hybridized carbons (Fsp3) is 0.154. The Balaban J connectivity index is 1.77. The smallest absolute Gasteiger partial charge is 0.255 e. The number of amides is 2. The van der Waals surface area contributed by atoms with E-state index in [1.165, 1.54) is 30.3 Å². The van der Waals surface area contributed by atoms with Crippen LogP contribution in [0.4, 0.5) is 15.8 Å². The lowest BCUT2D eigenvalue weighted by Gasteiger charge is -2.11. The molecule has 0 saturated carbocycles. The number of benzene rings is 3. The van der Waals surface area contributed by atoms with Gasteiger partial charge in [0.05, 0.1) is 5.69 Å². The molecule has 0 heterocycles. The molecule has 3 aromatic carbocycles. The van der Waals surface area contributed by atoms with Crippen LogP contribution in [0.25, 0.3) is 0 Å². The highest BCUT2D eigenvalue weighted by atomic mass is 19.1. The van der Waals surface area contributed by atoms with Gasteiger partial charge in [0.1, 0.15) is 5.82 Å². The third-order valence-electron chi connectivity index (χ3n) is 5.01. The van der Waals surface area contributed by atoms with Crippen LogP contribution in [0.1, 0.15) is 68.1 Å². The monoisotopic (exact) mass is 446 g/mol. The van der Waals surface area contributed by atoms with E-state index in [-0.39, 0.29) is 34.1 Å². The Bertz CT molecular complexity index is 1240. The Morgan fingerprint density at radius 3 is 1.67 bits per heavy atom. The number of carbonyl (C=O) groups is 4. The molecule has 0 aromatic heterocycles. The van der Waals surface area contributed by atoms with Gasteiger partial charge in [-0.2, -0.15) is 0 Å². The molecule has 0 aliphatic heterocycles. The lowest BCUT2D eigenvalue weighted by Crippen LogP contribution is -2.15. The van der Waals surface area contributed by atoms with E-state index >= 15 is 0 Å². The molecular formula is C26H23FN2O4. The zero-order valence-corrected chi connectivity index (χ0v) is 18.3. The van der Waals surface area contributed by atoms with E-state index in [0.717, 1.165) is 6.07 Å². The van der Waals surface area contributed by atoms with Gasteiger partial charge in [-0.1, -0.05) is 38.1 Å². The van der Waals surface area contributed by atoms with Crippen molar-refractivity contribution in [1.29, 1.82) is 0 Å². The van der Waals surface area contributed by atoms with Gasteiger partial charge in [0.25, 0.3) is 11.8 Å². The van der Waals surface area contributed by atoms with Crippen LogP contribution in [0.5, 0.6) is 0 Å². The summed E-state index contributed by atoms with van der Waals surface area (Å²) in [6.07, 6.45) is 0.624. The van der Waals surface area contributed by atoms with Crippen molar-refractivity contribution >= 4 is 34.8 Å². The number of ketones is 2. The SMILES string of the molecule is CCC(=O)c1cccc(C(=O)Nc2ccc(F)c(NC(=O)c3cccc(C(=O)CC)c3)c2)c1. The molecule has 33 heavy (non-hydrogen) atoms. The number of Topliss-reactive ketones (excluding diaryl/α,β-unsaturated/α-hetero) is 2. The first-order chi connectivity index (χ1) is 15.8. The van der Waals surface area contributed by atoms with Crippen molar-refractivity contribution in [3.63, 3.8) is 0 Å². The van der Waals surface area contributed by atoms with Gasteiger partial charge in [0, 0.05) is 40.8 Å². The summed E-state index contributed by atoms with van der Waals surface area (Å²) in [5, 5.41) is 5.12. The molecule has 3 rings (SSSR count). The molecule has 168 valence electrons. The minimum absolute atomic E-state index is 0.0823. The zero-order chi connectivity index (χ0) is 24.0. The molecule has 6 nitrogen and oxygen atoms in total. The molecule has 2 N–H and O–H groups in total. The second-order valence-corrected chi connectivity index (χ2v) is 7.32. The minimum Gasteiger partial charge on any atom is -0.322 e. The highest BCUT2D eigenvalue weighted by molar-refractivity contribution is 6.08. The Morgan fingerprint density at radius 1 is 0.667 bits per heavy atom. The number of hydrogen-bond donors (Lipinski definition) is 2. The fourth-order valence-electron chi connectivity index (χ4n) is 3.17. The third kappa shape index (κ3) is 5.77. The molecule has 3 aromatic rings. The molecule has 2 amide bonds. The number of rotatable bonds is 8. The van der Waals surface area contributed by atoms with E-state index in [2.05, 4.69) is 10.6 Å². The van der Waals surface area contributed by atoms with Crippen molar-refractivity contribution in [2.75, 3.05) is 10.6 Å². The Hall–Kier alpha value is -4.13. The summed E-state index contributed by atoms with van der Waals surface area (Å²) in [4.78, 5) is 49.0. The topological polar surface area (TPSA) is 92.3 Å². The van der Waals surface area contributed by atoms with Crippen LogP contribution >= 0.6 is 0 Å². The van der Waals surface area contributed by atoms with Crippen molar-refractivity contribution in [2.24, 2.45) is 0 Å². The lowest BCUT2D eigenvalue weighted by molar-refractivity contribution is 0.0979. The first-order valence-corrected chi connectivity index (χ1v) is 10.5. The maximum absolute atomic E-state index is 14.3. The van der Waals surface area contributed by atoms with Crippen LogP contribution in [0, 0.1) is 5.82 Å². The maximum atomic E-state index is 14.3. The fourth-order valence-corrected chi connectivity index (χ4v) is 3.17. The van der Waals surface area contributed by atoms with Gasteiger partial charge in [-0.05, 0) is 42.5 Å². The van der Waals surface area contributed by atoms with E-state index in [1.54, 1.807) is 44.2 Å². The van der Waals surface area contributed by atoms with Gasteiger partial charge in [0.2, 0.25) is 0 Å². The third-order valence-corrected chi connectivity index (χ3v) is 5.01. The number of anilines is 2. The highest BCUT2D eigenvalue weighted by Crippen LogP contribution is 2.22. The van der Waals surface area contributed by atoms with E-state index < -0.39 is 17.6 Å².